The van der Waals surface area contributed by atoms with Crippen LogP contribution in [0.3, 0.4) is 0 Å². The second kappa shape index (κ2) is 10.3. The SMILES string of the molecule is COc1ccccc1N(C(C)=O)c1nc(COC(=O)/C=C/c2ccc(C(F)(F)F)cc2)cs1. The van der Waals surface area contributed by atoms with E-state index in [1.54, 1.807) is 29.6 Å². The number of amides is 1. The lowest BCUT2D eigenvalue weighted by Gasteiger charge is -2.20. The van der Waals surface area contributed by atoms with Crippen molar-refractivity contribution in [2.45, 2.75) is 19.7 Å². The van der Waals surface area contributed by atoms with Gasteiger partial charge in [0.2, 0.25) is 5.91 Å². The number of ether oxygens (including phenoxy) is 2. The number of methoxy groups -OCH3 is 1. The Labute approximate surface area is 191 Å². The van der Waals surface area contributed by atoms with E-state index < -0.39 is 17.7 Å². The third-order valence-corrected chi connectivity index (χ3v) is 5.26. The molecular formula is C23H19F3N2O4S. The first-order valence-corrected chi connectivity index (χ1v) is 10.5. The number of carbonyl (C=O) groups is 2. The Kier molecular flexibility index (Phi) is 7.49. The highest BCUT2D eigenvalue weighted by Crippen LogP contribution is 2.35. The summed E-state index contributed by atoms with van der Waals surface area (Å²) in [6, 6.07) is 11.4. The Morgan fingerprint density at radius 3 is 2.45 bits per heavy atom. The van der Waals surface area contributed by atoms with Crippen LogP contribution < -0.4 is 9.64 Å². The van der Waals surface area contributed by atoms with Gasteiger partial charge in [-0.05, 0) is 35.9 Å². The molecule has 1 heterocycles. The third-order valence-electron chi connectivity index (χ3n) is 4.38. The van der Waals surface area contributed by atoms with Crippen LogP contribution >= 0.6 is 11.3 Å². The smallest absolute Gasteiger partial charge is 0.416 e. The predicted molar refractivity (Wildman–Crippen MR) is 118 cm³/mol. The lowest BCUT2D eigenvalue weighted by molar-refractivity contribution is -0.139. The topological polar surface area (TPSA) is 68.7 Å². The highest BCUT2D eigenvalue weighted by molar-refractivity contribution is 7.14. The van der Waals surface area contributed by atoms with Crippen LogP contribution in [0.4, 0.5) is 24.0 Å². The first-order chi connectivity index (χ1) is 15.7. The van der Waals surface area contributed by atoms with Gasteiger partial charge in [-0.15, -0.1) is 11.3 Å². The molecule has 3 aromatic rings. The monoisotopic (exact) mass is 476 g/mol. The maximum atomic E-state index is 12.6. The Bertz CT molecular complexity index is 1160. The average Bonchev–Trinajstić information content (AvgIpc) is 3.24. The Balaban J connectivity index is 1.63. The van der Waals surface area contributed by atoms with Gasteiger partial charge in [-0.1, -0.05) is 24.3 Å². The standard InChI is InChI=1S/C23H19F3N2O4S/c1-15(29)28(19-5-3-4-6-20(19)31-2)22-27-18(14-33-22)13-32-21(30)12-9-16-7-10-17(11-8-16)23(24,25)26/h3-12,14H,13H2,1-2H3/b12-9+. The van der Waals surface area contributed by atoms with Crippen molar-refractivity contribution in [3.63, 3.8) is 0 Å². The summed E-state index contributed by atoms with van der Waals surface area (Å²) < 4.78 is 48.3. The molecule has 0 aliphatic rings. The molecule has 3 rings (SSSR count). The number of anilines is 2. The zero-order chi connectivity index (χ0) is 24.0. The van der Waals surface area contributed by atoms with Gasteiger partial charge in [-0.25, -0.2) is 9.78 Å². The van der Waals surface area contributed by atoms with E-state index in [1.165, 1.54) is 48.5 Å². The molecule has 0 aliphatic carbocycles. The molecule has 0 radical (unpaired) electrons. The molecule has 0 spiro atoms. The molecule has 0 fully saturated rings. The van der Waals surface area contributed by atoms with Crippen molar-refractivity contribution in [3.8, 4) is 5.75 Å². The molecule has 0 saturated heterocycles. The summed E-state index contributed by atoms with van der Waals surface area (Å²) in [5.74, 6) is -0.446. The molecule has 0 aliphatic heterocycles. The van der Waals surface area contributed by atoms with Gasteiger partial charge in [-0.3, -0.25) is 9.69 Å². The molecule has 10 heteroatoms. The number of esters is 1. The van der Waals surface area contributed by atoms with Gasteiger partial charge in [0.1, 0.15) is 12.4 Å². The largest absolute Gasteiger partial charge is 0.495 e. The number of rotatable bonds is 7. The number of hydrogen-bond donors (Lipinski definition) is 0. The molecule has 6 nitrogen and oxygen atoms in total. The summed E-state index contributed by atoms with van der Waals surface area (Å²) in [5, 5.41) is 2.05. The molecule has 2 aromatic carbocycles. The number of thiazole rings is 1. The van der Waals surface area contributed by atoms with E-state index in [-0.39, 0.29) is 12.5 Å². The number of para-hydroxylation sites is 2. The number of alkyl halides is 3. The number of carbonyl (C=O) groups excluding carboxylic acids is 2. The van der Waals surface area contributed by atoms with Crippen molar-refractivity contribution in [2.24, 2.45) is 0 Å². The van der Waals surface area contributed by atoms with E-state index in [4.69, 9.17) is 9.47 Å². The van der Waals surface area contributed by atoms with Gasteiger partial charge in [0.05, 0.1) is 24.1 Å². The maximum Gasteiger partial charge on any atom is 0.416 e. The number of halogens is 3. The van der Waals surface area contributed by atoms with Crippen LogP contribution in [0.15, 0.2) is 60.0 Å². The first-order valence-electron chi connectivity index (χ1n) is 9.59. The van der Waals surface area contributed by atoms with E-state index >= 15 is 0 Å². The maximum absolute atomic E-state index is 12.6. The highest BCUT2D eigenvalue weighted by Gasteiger charge is 2.29. The Morgan fingerprint density at radius 1 is 1.12 bits per heavy atom. The molecule has 0 saturated carbocycles. The molecule has 1 amide bonds. The summed E-state index contributed by atoms with van der Waals surface area (Å²) in [5.41, 5.74) is 0.622. The van der Waals surface area contributed by atoms with Crippen molar-refractivity contribution in [1.82, 2.24) is 4.98 Å². The predicted octanol–water partition coefficient (Wildman–Crippen LogP) is 5.61. The van der Waals surface area contributed by atoms with E-state index in [1.807, 2.05) is 0 Å². The van der Waals surface area contributed by atoms with Crippen LogP contribution in [0.5, 0.6) is 5.75 Å². The fraction of sp³-hybridized carbons (Fsp3) is 0.174. The lowest BCUT2D eigenvalue weighted by atomic mass is 10.1. The normalized spacial score (nSPS) is 11.4. The molecule has 0 N–H and O–H groups in total. The average molecular weight is 476 g/mol. The van der Waals surface area contributed by atoms with Gasteiger partial charge in [0.15, 0.2) is 5.13 Å². The number of hydrogen-bond acceptors (Lipinski definition) is 6. The molecule has 0 atom stereocenters. The summed E-state index contributed by atoms with van der Waals surface area (Å²) in [4.78, 5) is 30.0. The molecular weight excluding hydrogens is 457 g/mol. The Hall–Kier alpha value is -3.66. The summed E-state index contributed by atoms with van der Waals surface area (Å²) >= 11 is 1.20. The van der Waals surface area contributed by atoms with E-state index in [9.17, 15) is 22.8 Å². The first kappa shape index (κ1) is 24.0. The van der Waals surface area contributed by atoms with Crippen LogP contribution in [0.2, 0.25) is 0 Å². The van der Waals surface area contributed by atoms with Gasteiger partial charge >= 0.3 is 12.1 Å². The molecule has 0 unspecified atom stereocenters. The minimum absolute atomic E-state index is 0.135. The molecule has 172 valence electrons. The Morgan fingerprint density at radius 2 is 1.82 bits per heavy atom. The van der Waals surface area contributed by atoms with Crippen LogP contribution in [0.1, 0.15) is 23.7 Å². The van der Waals surface area contributed by atoms with Gasteiger partial charge in [-0.2, -0.15) is 13.2 Å². The van der Waals surface area contributed by atoms with Crippen LogP contribution in [0, 0.1) is 0 Å². The van der Waals surface area contributed by atoms with Crippen molar-refractivity contribution < 1.29 is 32.2 Å². The number of nitrogens with zero attached hydrogens (tertiary/aromatic N) is 2. The van der Waals surface area contributed by atoms with E-state index in [2.05, 4.69) is 4.98 Å². The second-order valence-electron chi connectivity index (χ2n) is 6.71. The van der Waals surface area contributed by atoms with Crippen molar-refractivity contribution >= 4 is 40.1 Å². The van der Waals surface area contributed by atoms with Crippen molar-refractivity contribution in [1.29, 1.82) is 0 Å². The summed E-state index contributed by atoms with van der Waals surface area (Å²) in [7, 11) is 1.50. The van der Waals surface area contributed by atoms with Crippen molar-refractivity contribution in [3.05, 3.63) is 76.8 Å². The van der Waals surface area contributed by atoms with Gasteiger partial charge < -0.3 is 9.47 Å². The fourth-order valence-electron chi connectivity index (χ4n) is 2.83. The minimum atomic E-state index is -4.42. The fourth-order valence-corrected chi connectivity index (χ4v) is 3.69. The van der Waals surface area contributed by atoms with E-state index in [0.29, 0.717) is 27.8 Å². The molecule has 33 heavy (non-hydrogen) atoms. The molecule has 1 aromatic heterocycles. The second-order valence-corrected chi connectivity index (χ2v) is 7.55. The van der Waals surface area contributed by atoms with Crippen molar-refractivity contribution in [2.75, 3.05) is 12.0 Å². The van der Waals surface area contributed by atoms with E-state index in [0.717, 1.165) is 18.2 Å². The third kappa shape index (κ3) is 6.19. The summed E-state index contributed by atoms with van der Waals surface area (Å²) in [6.07, 6.45) is -1.95. The van der Waals surface area contributed by atoms with Gasteiger partial charge in [0, 0.05) is 18.4 Å². The zero-order valence-electron chi connectivity index (χ0n) is 17.6. The number of aromatic nitrogens is 1. The van der Waals surface area contributed by atoms with Crippen LogP contribution in [-0.2, 0) is 27.1 Å². The summed E-state index contributed by atoms with van der Waals surface area (Å²) in [6.45, 7) is 1.27. The molecule has 0 bridgehead atoms. The number of benzene rings is 2. The minimum Gasteiger partial charge on any atom is -0.495 e. The highest BCUT2D eigenvalue weighted by atomic mass is 32.1. The zero-order valence-corrected chi connectivity index (χ0v) is 18.4. The van der Waals surface area contributed by atoms with Crippen LogP contribution in [-0.4, -0.2) is 24.0 Å². The van der Waals surface area contributed by atoms with Gasteiger partial charge in [0.25, 0.3) is 0 Å². The van der Waals surface area contributed by atoms with Crippen LogP contribution in [0.25, 0.3) is 6.08 Å². The quantitative estimate of drug-likeness (QED) is 0.327. The lowest BCUT2D eigenvalue weighted by Crippen LogP contribution is -2.23.